The first-order valence-electron chi connectivity index (χ1n) is 4.88. The van der Waals surface area contributed by atoms with Gasteiger partial charge in [-0.15, -0.1) is 0 Å². The zero-order valence-corrected chi connectivity index (χ0v) is 9.90. The van der Waals surface area contributed by atoms with Gasteiger partial charge in [-0.25, -0.2) is 4.39 Å². The Hall–Kier alpha value is -0.810. The molecule has 0 saturated carbocycles. The van der Waals surface area contributed by atoms with Crippen LogP contribution in [0.15, 0.2) is 12.1 Å². The van der Waals surface area contributed by atoms with Crippen molar-refractivity contribution in [2.45, 2.75) is 26.1 Å². The quantitative estimate of drug-likeness (QED) is 0.799. The molecule has 0 aliphatic carbocycles. The SMILES string of the molecule is CC(C)C(O)c1cc(Cl)cc(C(F)(F)F)c1F. The van der Waals surface area contributed by atoms with E-state index in [-0.39, 0.29) is 5.02 Å². The summed E-state index contributed by atoms with van der Waals surface area (Å²) in [6, 6.07) is 1.52. The van der Waals surface area contributed by atoms with Crippen molar-refractivity contribution in [3.8, 4) is 0 Å². The summed E-state index contributed by atoms with van der Waals surface area (Å²) in [7, 11) is 0. The second-order valence-electron chi connectivity index (χ2n) is 4.04. The fourth-order valence-corrected chi connectivity index (χ4v) is 1.62. The number of hydrogen-bond donors (Lipinski definition) is 1. The molecule has 0 radical (unpaired) electrons. The Balaban J connectivity index is 3.39. The summed E-state index contributed by atoms with van der Waals surface area (Å²) in [4.78, 5) is 0. The van der Waals surface area contributed by atoms with E-state index in [1.54, 1.807) is 13.8 Å². The van der Waals surface area contributed by atoms with Gasteiger partial charge in [-0.2, -0.15) is 13.2 Å². The van der Waals surface area contributed by atoms with Crippen molar-refractivity contribution in [2.75, 3.05) is 0 Å². The molecule has 0 aromatic heterocycles. The standard InChI is InChI=1S/C11H11ClF4O/c1-5(2)10(17)7-3-6(12)4-8(9(7)13)11(14,15)16/h3-5,10,17H,1-2H3. The molecule has 1 atom stereocenters. The average molecular weight is 271 g/mol. The number of aliphatic hydroxyl groups is 1. The summed E-state index contributed by atoms with van der Waals surface area (Å²) in [5, 5.41) is 9.37. The Kier molecular flexibility index (Phi) is 4.04. The average Bonchev–Trinajstić information content (AvgIpc) is 2.18. The van der Waals surface area contributed by atoms with Crippen LogP contribution in [0.25, 0.3) is 0 Å². The molecule has 17 heavy (non-hydrogen) atoms. The Labute approximate surface area is 101 Å². The lowest BCUT2D eigenvalue weighted by molar-refractivity contribution is -0.140. The first-order chi connectivity index (χ1) is 7.64. The topological polar surface area (TPSA) is 20.2 Å². The summed E-state index contributed by atoms with van der Waals surface area (Å²) < 4.78 is 51.1. The van der Waals surface area contributed by atoms with E-state index < -0.39 is 35.1 Å². The van der Waals surface area contributed by atoms with Crippen LogP contribution in [0.2, 0.25) is 5.02 Å². The van der Waals surface area contributed by atoms with E-state index in [1.807, 2.05) is 0 Å². The Morgan fingerprint density at radius 1 is 1.24 bits per heavy atom. The van der Waals surface area contributed by atoms with Crippen molar-refractivity contribution in [3.05, 3.63) is 34.1 Å². The van der Waals surface area contributed by atoms with Crippen LogP contribution < -0.4 is 0 Å². The molecule has 6 heteroatoms. The Morgan fingerprint density at radius 3 is 2.18 bits per heavy atom. The zero-order valence-electron chi connectivity index (χ0n) is 9.15. The molecule has 0 aliphatic heterocycles. The molecule has 1 aromatic carbocycles. The number of rotatable bonds is 2. The van der Waals surface area contributed by atoms with Crippen molar-refractivity contribution in [1.29, 1.82) is 0 Å². The highest BCUT2D eigenvalue weighted by Crippen LogP contribution is 2.37. The molecule has 0 amide bonds. The van der Waals surface area contributed by atoms with Crippen LogP contribution in [0.1, 0.15) is 31.1 Å². The van der Waals surface area contributed by atoms with Gasteiger partial charge in [0.1, 0.15) is 5.82 Å². The molecule has 0 bridgehead atoms. The third-order valence-electron chi connectivity index (χ3n) is 2.32. The monoisotopic (exact) mass is 270 g/mol. The first-order valence-corrected chi connectivity index (χ1v) is 5.26. The highest BCUT2D eigenvalue weighted by Gasteiger charge is 2.36. The smallest absolute Gasteiger partial charge is 0.388 e. The lowest BCUT2D eigenvalue weighted by Crippen LogP contribution is -2.14. The maximum Gasteiger partial charge on any atom is 0.419 e. The number of alkyl halides is 3. The van der Waals surface area contributed by atoms with E-state index in [2.05, 4.69) is 0 Å². The molecule has 0 heterocycles. The van der Waals surface area contributed by atoms with Crippen molar-refractivity contribution < 1.29 is 22.7 Å². The number of halogens is 5. The summed E-state index contributed by atoms with van der Waals surface area (Å²) in [6.07, 6.45) is -6.16. The molecule has 0 spiro atoms. The van der Waals surface area contributed by atoms with Crippen LogP contribution in [-0.4, -0.2) is 5.11 Å². The fraction of sp³-hybridized carbons (Fsp3) is 0.455. The van der Waals surface area contributed by atoms with E-state index in [0.29, 0.717) is 6.07 Å². The van der Waals surface area contributed by atoms with Crippen LogP contribution in [0.5, 0.6) is 0 Å². The molecule has 0 fully saturated rings. The van der Waals surface area contributed by atoms with E-state index in [4.69, 9.17) is 11.6 Å². The third kappa shape index (κ3) is 3.10. The van der Waals surface area contributed by atoms with Crippen molar-refractivity contribution >= 4 is 11.6 Å². The molecule has 1 N–H and O–H groups in total. The van der Waals surface area contributed by atoms with Gasteiger partial charge in [0.05, 0.1) is 11.7 Å². The molecular formula is C11H11ClF4O. The van der Waals surface area contributed by atoms with Gasteiger partial charge in [-0.1, -0.05) is 25.4 Å². The largest absolute Gasteiger partial charge is 0.419 e. The maximum atomic E-state index is 13.6. The lowest BCUT2D eigenvalue weighted by Gasteiger charge is -2.18. The number of benzene rings is 1. The van der Waals surface area contributed by atoms with E-state index in [0.717, 1.165) is 6.07 Å². The van der Waals surface area contributed by atoms with Gasteiger partial charge in [-0.05, 0) is 18.1 Å². The fourth-order valence-electron chi connectivity index (χ4n) is 1.39. The molecule has 0 aliphatic rings. The minimum absolute atomic E-state index is 0.256. The summed E-state index contributed by atoms with van der Waals surface area (Å²) in [5.74, 6) is -1.88. The summed E-state index contributed by atoms with van der Waals surface area (Å²) >= 11 is 5.50. The molecule has 1 rings (SSSR count). The minimum atomic E-state index is -4.83. The molecule has 0 saturated heterocycles. The second-order valence-corrected chi connectivity index (χ2v) is 4.48. The summed E-state index contributed by atoms with van der Waals surface area (Å²) in [5.41, 5.74) is -1.89. The van der Waals surface area contributed by atoms with Gasteiger partial charge in [-0.3, -0.25) is 0 Å². The zero-order chi connectivity index (χ0) is 13.4. The second kappa shape index (κ2) is 4.82. The van der Waals surface area contributed by atoms with Gasteiger partial charge in [0.25, 0.3) is 0 Å². The third-order valence-corrected chi connectivity index (χ3v) is 2.54. The van der Waals surface area contributed by atoms with Crippen LogP contribution in [0.3, 0.4) is 0 Å². The summed E-state index contributed by atoms with van der Waals surface area (Å²) in [6.45, 7) is 3.14. The van der Waals surface area contributed by atoms with E-state index in [1.165, 1.54) is 0 Å². The van der Waals surface area contributed by atoms with Crippen LogP contribution in [0.4, 0.5) is 17.6 Å². The van der Waals surface area contributed by atoms with Crippen molar-refractivity contribution in [1.82, 2.24) is 0 Å². The Bertz CT molecular complexity index is 415. The normalized spacial score (nSPS) is 14.2. The molecular weight excluding hydrogens is 260 g/mol. The van der Waals surface area contributed by atoms with Gasteiger partial charge in [0.2, 0.25) is 0 Å². The van der Waals surface area contributed by atoms with Gasteiger partial charge in [0.15, 0.2) is 0 Å². The molecule has 1 nitrogen and oxygen atoms in total. The van der Waals surface area contributed by atoms with Crippen LogP contribution >= 0.6 is 11.6 Å². The number of hydrogen-bond acceptors (Lipinski definition) is 1. The van der Waals surface area contributed by atoms with Crippen molar-refractivity contribution in [3.63, 3.8) is 0 Å². The van der Waals surface area contributed by atoms with Crippen LogP contribution in [0, 0.1) is 11.7 Å². The predicted octanol–water partition coefficient (Wildman–Crippen LogP) is 4.19. The molecule has 1 unspecified atom stereocenters. The highest BCUT2D eigenvalue weighted by atomic mass is 35.5. The molecule has 1 aromatic rings. The van der Waals surface area contributed by atoms with Crippen molar-refractivity contribution in [2.24, 2.45) is 5.92 Å². The predicted molar refractivity (Wildman–Crippen MR) is 56.2 cm³/mol. The van der Waals surface area contributed by atoms with Gasteiger partial charge < -0.3 is 5.11 Å². The Morgan fingerprint density at radius 2 is 1.76 bits per heavy atom. The minimum Gasteiger partial charge on any atom is -0.388 e. The van der Waals surface area contributed by atoms with Gasteiger partial charge in [0, 0.05) is 10.6 Å². The van der Waals surface area contributed by atoms with Crippen LogP contribution in [-0.2, 0) is 6.18 Å². The maximum absolute atomic E-state index is 13.6. The first kappa shape index (κ1) is 14.3. The highest BCUT2D eigenvalue weighted by molar-refractivity contribution is 6.30. The lowest BCUT2D eigenvalue weighted by atomic mass is 9.96. The van der Waals surface area contributed by atoms with Gasteiger partial charge >= 0.3 is 6.18 Å². The number of aliphatic hydroxyl groups excluding tert-OH is 1. The van der Waals surface area contributed by atoms with E-state index in [9.17, 15) is 22.7 Å². The molecule has 96 valence electrons. The van der Waals surface area contributed by atoms with E-state index >= 15 is 0 Å².